The van der Waals surface area contributed by atoms with E-state index in [1.165, 1.54) is 31.3 Å². The molecular weight excluding hydrogens is 577 g/mol. The number of benzene rings is 7. The molecule has 0 saturated heterocycles. The average Bonchev–Trinajstić information content (AvgIpc) is 3.51. The number of hydrogen-bond donors (Lipinski definition) is 1. The monoisotopic (exact) mass is 604 g/mol. The Bertz CT molecular complexity index is 2440. The zero-order valence-corrected chi connectivity index (χ0v) is 25.8. The van der Waals surface area contributed by atoms with Crippen LogP contribution in [-0.2, 0) is 0 Å². The summed E-state index contributed by atoms with van der Waals surface area (Å²) in [6, 6.07) is 57.4. The van der Waals surface area contributed by atoms with Crippen molar-refractivity contribution < 1.29 is 0 Å². The lowest BCUT2D eigenvalue weighted by Gasteiger charge is -2.12. The molecule has 2 N–H and O–H groups in total. The number of nitrogen functional groups attached to an aromatic ring is 1. The quantitative estimate of drug-likeness (QED) is 0.199. The lowest BCUT2D eigenvalue weighted by atomic mass is 9.92. The standard InChI is InChI=1S/C43H28N2S/c44-27-28-22-35(26-36(23-28)33-10-6-11-34(25-33)37-12-1-3-16-41(37)45)32-9-5-8-31(24-32)29-18-20-30(21-19-29)38-14-7-15-40-39-13-2-4-17-42(39)46-43(38)40/h1-26H,45H2. The summed E-state index contributed by atoms with van der Waals surface area (Å²) in [5.41, 5.74) is 18.6. The van der Waals surface area contributed by atoms with E-state index in [4.69, 9.17) is 5.73 Å². The highest BCUT2D eigenvalue weighted by molar-refractivity contribution is 7.26. The maximum absolute atomic E-state index is 9.94. The lowest BCUT2D eigenvalue weighted by molar-refractivity contribution is 1.48. The fraction of sp³-hybridized carbons (Fsp3) is 0. The highest BCUT2D eigenvalue weighted by atomic mass is 32.1. The van der Waals surface area contributed by atoms with E-state index in [1.807, 2.05) is 53.8 Å². The van der Waals surface area contributed by atoms with Crippen LogP contribution in [0.3, 0.4) is 0 Å². The first kappa shape index (κ1) is 27.6. The van der Waals surface area contributed by atoms with Crippen molar-refractivity contribution >= 4 is 37.2 Å². The van der Waals surface area contributed by atoms with Crippen LogP contribution in [0.15, 0.2) is 158 Å². The topological polar surface area (TPSA) is 49.8 Å². The summed E-state index contributed by atoms with van der Waals surface area (Å²) in [4.78, 5) is 0. The van der Waals surface area contributed by atoms with Gasteiger partial charge in [0, 0.05) is 31.4 Å². The first-order valence-electron chi connectivity index (χ1n) is 15.3. The summed E-state index contributed by atoms with van der Waals surface area (Å²) in [7, 11) is 0. The number of para-hydroxylation sites is 1. The largest absolute Gasteiger partial charge is 0.398 e. The van der Waals surface area contributed by atoms with Gasteiger partial charge in [0.05, 0.1) is 11.6 Å². The van der Waals surface area contributed by atoms with Crippen LogP contribution in [0.2, 0.25) is 0 Å². The van der Waals surface area contributed by atoms with Gasteiger partial charge in [-0.15, -0.1) is 11.3 Å². The SMILES string of the molecule is N#Cc1cc(-c2cccc(-c3ccc(-c4cccc5c4sc4ccccc45)cc3)c2)cc(-c2cccc(-c3ccccc3N)c2)c1. The summed E-state index contributed by atoms with van der Waals surface area (Å²) in [6.45, 7) is 0. The van der Waals surface area contributed by atoms with Crippen LogP contribution >= 0.6 is 11.3 Å². The Labute approximate surface area is 272 Å². The molecule has 0 spiro atoms. The van der Waals surface area contributed by atoms with Crippen LogP contribution in [0.4, 0.5) is 5.69 Å². The molecule has 0 radical (unpaired) electrons. The number of nitriles is 1. The molecule has 1 aromatic heterocycles. The van der Waals surface area contributed by atoms with E-state index in [9.17, 15) is 5.26 Å². The molecular formula is C43H28N2S. The van der Waals surface area contributed by atoms with Crippen molar-refractivity contribution in [2.24, 2.45) is 0 Å². The summed E-state index contributed by atoms with van der Waals surface area (Å²) in [6.07, 6.45) is 0. The Balaban J connectivity index is 1.14. The van der Waals surface area contributed by atoms with Crippen LogP contribution in [0, 0.1) is 11.3 Å². The second-order valence-corrected chi connectivity index (χ2v) is 12.6. The minimum absolute atomic E-state index is 0.627. The molecule has 7 aromatic carbocycles. The fourth-order valence-electron chi connectivity index (χ4n) is 6.35. The highest BCUT2D eigenvalue weighted by Crippen LogP contribution is 2.40. The Hall–Kier alpha value is -5.95. The maximum atomic E-state index is 9.94. The number of thiophene rings is 1. The molecule has 3 heteroatoms. The van der Waals surface area contributed by atoms with Crippen molar-refractivity contribution in [2.75, 3.05) is 5.73 Å². The number of nitrogens with zero attached hydrogens (tertiary/aromatic N) is 1. The fourth-order valence-corrected chi connectivity index (χ4v) is 7.59. The first-order valence-corrected chi connectivity index (χ1v) is 16.1. The van der Waals surface area contributed by atoms with Crippen molar-refractivity contribution in [1.29, 1.82) is 5.26 Å². The highest BCUT2D eigenvalue weighted by Gasteiger charge is 2.12. The third kappa shape index (κ3) is 5.02. The maximum Gasteiger partial charge on any atom is 0.0992 e. The van der Waals surface area contributed by atoms with Crippen molar-refractivity contribution in [3.8, 4) is 61.7 Å². The summed E-state index contributed by atoms with van der Waals surface area (Å²) < 4.78 is 2.64. The van der Waals surface area contributed by atoms with Crippen molar-refractivity contribution in [1.82, 2.24) is 0 Å². The third-order valence-electron chi connectivity index (χ3n) is 8.66. The van der Waals surface area contributed by atoms with E-state index in [2.05, 4.69) is 121 Å². The molecule has 216 valence electrons. The van der Waals surface area contributed by atoms with Gasteiger partial charge in [-0.3, -0.25) is 0 Å². The molecule has 0 amide bonds. The molecule has 8 aromatic rings. The van der Waals surface area contributed by atoms with Gasteiger partial charge < -0.3 is 5.73 Å². The normalized spacial score (nSPS) is 11.1. The van der Waals surface area contributed by atoms with E-state index in [-0.39, 0.29) is 0 Å². The molecule has 0 atom stereocenters. The Kier molecular flexibility index (Phi) is 6.91. The summed E-state index contributed by atoms with van der Waals surface area (Å²) in [5, 5.41) is 12.6. The van der Waals surface area contributed by atoms with Crippen molar-refractivity contribution in [2.45, 2.75) is 0 Å². The molecule has 0 unspecified atom stereocenters. The predicted molar refractivity (Wildman–Crippen MR) is 196 cm³/mol. The lowest BCUT2D eigenvalue weighted by Crippen LogP contribution is -1.90. The van der Waals surface area contributed by atoms with Crippen molar-refractivity contribution in [3.05, 3.63) is 163 Å². The molecule has 0 aliphatic carbocycles. The molecule has 0 fully saturated rings. The second-order valence-electron chi connectivity index (χ2n) is 11.5. The molecule has 0 aliphatic heterocycles. The number of fused-ring (bicyclic) bond motifs is 3. The number of nitrogens with two attached hydrogens (primary N) is 1. The van der Waals surface area contributed by atoms with Gasteiger partial charge in [-0.25, -0.2) is 0 Å². The van der Waals surface area contributed by atoms with Crippen LogP contribution in [-0.4, -0.2) is 0 Å². The Morgan fingerprint density at radius 1 is 0.435 bits per heavy atom. The molecule has 46 heavy (non-hydrogen) atoms. The minimum atomic E-state index is 0.627. The van der Waals surface area contributed by atoms with Gasteiger partial charge in [0.1, 0.15) is 0 Å². The zero-order chi connectivity index (χ0) is 31.0. The molecule has 8 rings (SSSR count). The molecule has 0 saturated carbocycles. The smallest absolute Gasteiger partial charge is 0.0992 e. The predicted octanol–water partition coefficient (Wildman–Crippen LogP) is 11.8. The number of rotatable bonds is 5. The molecule has 1 heterocycles. The van der Waals surface area contributed by atoms with Gasteiger partial charge >= 0.3 is 0 Å². The van der Waals surface area contributed by atoms with Crippen LogP contribution in [0.25, 0.3) is 75.8 Å². The Morgan fingerprint density at radius 3 is 1.72 bits per heavy atom. The van der Waals surface area contributed by atoms with Crippen LogP contribution < -0.4 is 5.73 Å². The van der Waals surface area contributed by atoms with Gasteiger partial charge in [0.25, 0.3) is 0 Å². The van der Waals surface area contributed by atoms with Gasteiger partial charge in [-0.05, 0) is 92.5 Å². The molecule has 0 bridgehead atoms. The summed E-state index contributed by atoms with van der Waals surface area (Å²) in [5.74, 6) is 0. The first-order chi connectivity index (χ1) is 22.6. The van der Waals surface area contributed by atoms with Gasteiger partial charge in [0.15, 0.2) is 0 Å². The minimum Gasteiger partial charge on any atom is -0.398 e. The van der Waals surface area contributed by atoms with Crippen LogP contribution in [0.5, 0.6) is 0 Å². The second kappa shape index (κ2) is 11.5. The van der Waals surface area contributed by atoms with Gasteiger partial charge in [-0.1, -0.05) is 115 Å². The van der Waals surface area contributed by atoms with Gasteiger partial charge in [-0.2, -0.15) is 5.26 Å². The average molecular weight is 605 g/mol. The van der Waals surface area contributed by atoms with Crippen LogP contribution in [0.1, 0.15) is 5.56 Å². The van der Waals surface area contributed by atoms with Gasteiger partial charge in [0.2, 0.25) is 0 Å². The van der Waals surface area contributed by atoms with E-state index in [1.54, 1.807) is 0 Å². The van der Waals surface area contributed by atoms with Crippen molar-refractivity contribution in [3.63, 3.8) is 0 Å². The number of anilines is 1. The van der Waals surface area contributed by atoms with E-state index >= 15 is 0 Å². The molecule has 2 nitrogen and oxygen atoms in total. The van der Waals surface area contributed by atoms with E-state index < -0.39 is 0 Å². The third-order valence-corrected chi connectivity index (χ3v) is 9.88. The van der Waals surface area contributed by atoms with E-state index in [0.717, 1.165) is 50.2 Å². The Morgan fingerprint density at radius 2 is 0.978 bits per heavy atom. The summed E-state index contributed by atoms with van der Waals surface area (Å²) >= 11 is 1.86. The number of hydrogen-bond acceptors (Lipinski definition) is 3. The molecule has 0 aliphatic rings. The zero-order valence-electron chi connectivity index (χ0n) is 24.9. The van der Waals surface area contributed by atoms with E-state index in [0.29, 0.717) is 5.56 Å².